The third-order valence-corrected chi connectivity index (χ3v) is 5.80. The summed E-state index contributed by atoms with van der Waals surface area (Å²) in [6, 6.07) is 2.61. The number of hydrogen-bond donors (Lipinski definition) is 2. The highest BCUT2D eigenvalue weighted by Gasteiger charge is 2.29. The molecule has 0 saturated heterocycles. The molecule has 0 aliphatic carbocycles. The van der Waals surface area contributed by atoms with E-state index in [1.807, 2.05) is 13.8 Å². The van der Waals surface area contributed by atoms with Crippen molar-refractivity contribution in [3.63, 3.8) is 0 Å². The Kier molecular flexibility index (Phi) is 6.01. The van der Waals surface area contributed by atoms with Gasteiger partial charge in [-0.1, -0.05) is 32.3 Å². The molecule has 0 saturated carbocycles. The molecule has 106 valence electrons. The summed E-state index contributed by atoms with van der Waals surface area (Å²) >= 11 is 1.15. The van der Waals surface area contributed by atoms with E-state index in [0.29, 0.717) is 0 Å². The number of sulfonamides is 1. The SMILES string of the molecule is CC#C[C@@H](O)C(NS(=O)(=O)c1cccs1)[C@@H](C)CC. The van der Waals surface area contributed by atoms with Crippen LogP contribution >= 0.6 is 11.3 Å². The summed E-state index contributed by atoms with van der Waals surface area (Å²) in [5.74, 6) is 5.22. The molecule has 0 amide bonds. The predicted molar refractivity (Wildman–Crippen MR) is 77.3 cm³/mol. The normalized spacial score (nSPS) is 16.2. The van der Waals surface area contributed by atoms with Crippen LogP contribution in [0.1, 0.15) is 27.2 Å². The average molecular weight is 301 g/mol. The lowest BCUT2D eigenvalue weighted by atomic mass is 9.95. The predicted octanol–water partition coefficient (Wildman–Crippen LogP) is 1.83. The van der Waals surface area contributed by atoms with Gasteiger partial charge in [-0.3, -0.25) is 0 Å². The molecule has 0 aliphatic rings. The van der Waals surface area contributed by atoms with Crippen molar-refractivity contribution in [1.82, 2.24) is 4.72 Å². The zero-order valence-electron chi connectivity index (χ0n) is 11.3. The number of aliphatic hydroxyl groups excluding tert-OH is 1. The van der Waals surface area contributed by atoms with Gasteiger partial charge in [-0.2, -0.15) is 0 Å². The van der Waals surface area contributed by atoms with E-state index >= 15 is 0 Å². The Morgan fingerprint density at radius 3 is 2.68 bits per heavy atom. The summed E-state index contributed by atoms with van der Waals surface area (Å²) in [5, 5.41) is 11.7. The van der Waals surface area contributed by atoms with Crippen LogP contribution in [0.3, 0.4) is 0 Å². The van der Waals surface area contributed by atoms with Crippen molar-refractivity contribution in [2.75, 3.05) is 0 Å². The van der Waals surface area contributed by atoms with Crippen molar-refractivity contribution < 1.29 is 13.5 Å². The first-order chi connectivity index (χ1) is 8.92. The van der Waals surface area contributed by atoms with E-state index in [9.17, 15) is 13.5 Å². The lowest BCUT2D eigenvalue weighted by Gasteiger charge is -2.25. The second-order valence-corrected chi connectivity index (χ2v) is 7.19. The van der Waals surface area contributed by atoms with Crippen molar-refractivity contribution in [2.24, 2.45) is 5.92 Å². The maximum atomic E-state index is 12.2. The topological polar surface area (TPSA) is 66.4 Å². The fourth-order valence-corrected chi connectivity index (χ4v) is 4.00. The maximum Gasteiger partial charge on any atom is 0.250 e. The highest BCUT2D eigenvalue weighted by molar-refractivity contribution is 7.91. The molecule has 0 aliphatic heterocycles. The summed E-state index contributed by atoms with van der Waals surface area (Å²) in [6.07, 6.45) is -0.255. The Labute approximate surface area is 118 Å². The quantitative estimate of drug-likeness (QED) is 0.788. The maximum absolute atomic E-state index is 12.2. The second-order valence-electron chi connectivity index (χ2n) is 4.30. The largest absolute Gasteiger partial charge is 0.379 e. The van der Waals surface area contributed by atoms with E-state index in [-0.39, 0.29) is 10.1 Å². The van der Waals surface area contributed by atoms with Gasteiger partial charge in [-0.25, -0.2) is 13.1 Å². The molecular formula is C13H19NO3S2. The standard InChI is InChI=1S/C13H19NO3S2/c1-4-7-11(15)13(10(3)5-2)14-19(16,17)12-8-6-9-18-12/h6,8-11,13-15H,5H2,1-3H3/t10-,11+,13?/m0/s1. The van der Waals surface area contributed by atoms with Crippen LogP contribution in [0, 0.1) is 17.8 Å². The molecule has 0 aromatic carbocycles. The number of thiophene rings is 1. The van der Waals surface area contributed by atoms with Crippen LogP contribution in [-0.2, 0) is 10.0 Å². The van der Waals surface area contributed by atoms with Crippen LogP contribution in [-0.4, -0.2) is 25.7 Å². The summed E-state index contributed by atoms with van der Waals surface area (Å²) in [7, 11) is -3.59. The van der Waals surface area contributed by atoms with Crippen LogP contribution in [0.5, 0.6) is 0 Å². The molecule has 1 unspecified atom stereocenters. The van der Waals surface area contributed by atoms with Crippen LogP contribution in [0.2, 0.25) is 0 Å². The molecule has 4 nitrogen and oxygen atoms in total. The lowest BCUT2D eigenvalue weighted by Crippen LogP contribution is -2.46. The van der Waals surface area contributed by atoms with Gasteiger partial charge in [-0.15, -0.1) is 17.3 Å². The highest BCUT2D eigenvalue weighted by Crippen LogP contribution is 2.19. The zero-order chi connectivity index (χ0) is 14.5. The first-order valence-electron chi connectivity index (χ1n) is 6.08. The molecule has 6 heteroatoms. The Balaban J connectivity index is 2.97. The van der Waals surface area contributed by atoms with Gasteiger partial charge in [0.05, 0.1) is 6.04 Å². The first kappa shape index (κ1) is 16.2. The molecule has 1 aromatic rings. The first-order valence-corrected chi connectivity index (χ1v) is 8.44. The van der Waals surface area contributed by atoms with Gasteiger partial charge in [0.15, 0.2) is 0 Å². The molecule has 19 heavy (non-hydrogen) atoms. The molecule has 0 fully saturated rings. The molecule has 3 atom stereocenters. The minimum absolute atomic E-state index is 0.00872. The van der Waals surface area contributed by atoms with Gasteiger partial charge in [0.25, 0.3) is 0 Å². The minimum Gasteiger partial charge on any atom is -0.379 e. The monoisotopic (exact) mass is 301 g/mol. The summed E-state index contributed by atoms with van der Waals surface area (Å²) in [5.41, 5.74) is 0. The third-order valence-electron chi connectivity index (χ3n) is 2.94. The minimum atomic E-state index is -3.59. The summed E-state index contributed by atoms with van der Waals surface area (Å²) in [6.45, 7) is 5.45. The number of aliphatic hydroxyl groups is 1. The van der Waals surface area contributed by atoms with Crippen LogP contribution < -0.4 is 4.72 Å². The zero-order valence-corrected chi connectivity index (χ0v) is 12.9. The van der Waals surface area contributed by atoms with Gasteiger partial charge in [0, 0.05) is 0 Å². The van der Waals surface area contributed by atoms with Crippen LogP contribution in [0.25, 0.3) is 0 Å². The lowest BCUT2D eigenvalue weighted by molar-refractivity contribution is 0.161. The van der Waals surface area contributed by atoms with Gasteiger partial charge in [0.1, 0.15) is 10.3 Å². The molecule has 1 heterocycles. The molecule has 2 N–H and O–H groups in total. The molecular weight excluding hydrogens is 282 g/mol. The van der Waals surface area contributed by atoms with Crippen LogP contribution in [0.15, 0.2) is 21.7 Å². The van der Waals surface area contributed by atoms with Gasteiger partial charge < -0.3 is 5.11 Å². The fourth-order valence-electron chi connectivity index (χ4n) is 1.64. The third kappa shape index (κ3) is 4.32. The average Bonchev–Trinajstić information content (AvgIpc) is 2.90. The number of rotatable bonds is 6. The van der Waals surface area contributed by atoms with Gasteiger partial charge in [0.2, 0.25) is 10.0 Å². The van der Waals surface area contributed by atoms with Gasteiger partial charge >= 0.3 is 0 Å². The highest BCUT2D eigenvalue weighted by atomic mass is 32.2. The van der Waals surface area contributed by atoms with Crippen molar-refractivity contribution in [2.45, 2.75) is 43.5 Å². The molecule has 0 radical (unpaired) electrons. The van der Waals surface area contributed by atoms with Crippen molar-refractivity contribution in [3.8, 4) is 11.8 Å². The molecule has 0 bridgehead atoms. The Bertz CT molecular complexity index is 540. The van der Waals surface area contributed by atoms with E-state index in [1.54, 1.807) is 24.4 Å². The smallest absolute Gasteiger partial charge is 0.250 e. The molecule has 0 spiro atoms. The molecule has 1 rings (SSSR count). The number of nitrogens with one attached hydrogen (secondary N) is 1. The second kappa shape index (κ2) is 7.06. The fraction of sp³-hybridized carbons (Fsp3) is 0.538. The van der Waals surface area contributed by atoms with E-state index in [0.717, 1.165) is 17.8 Å². The van der Waals surface area contributed by atoms with E-state index in [4.69, 9.17) is 0 Å². The van der Waals surface area contributed by atoms with Crippen molar-refractivity contribution >= 4 is 21.4 Å². The Hall–Kier alpha value is -0.870. The Morgan fingerprint density at radius 1 is 1.53 bits per heavy atom. The van der Waals surface area contributed by atoms with E-state index in [1.165, 1.54) is 0 Å². The van der Waals surface area contributed by atoms with Gasteiger partial charge in [-0.05, 0) is 24.3 Å². The Morgan fingerprint density at radius 2 is 2.21 bits per heavy atom. The van der Waals surface area contributed by atoms with E-state index in [2.05, 4.69) is 16.6 Å². The van der Waals surface area contributed by atoms with Crippen molar-refractivity contribution in [3.05, 3.63) is 17.5 Å². The van der Waals surface area contributed by atoms with E-state index < -0.39 is 22.2 Å². The number of hydrogen-bond acceptors (Lipinski definition) is 4. The van der Waals surface area contributed by atoms with Crippen molar-refractivity contribution in [1.29, 1.82) is 0 Å². The summed E-state index contributed by atoms with van der Waals surface area (Å²) < 4.78 is 27.2. The molecule has 1 aromatic heterocycles. The summed E-state index contributed by atoms with van der Waals surface area (Å²) in [4.78, 5) is 0. The van der Waals surface area contributed by atoms with Crippen LogP contribution in [0.4, 0.5) is 0 Å².